The summed E-state index contributed by atoms with van der Waals surface area (Å²) in [4.78, 5) is 16.4. The van der Waals surface area contributed by atoms with Crippen LogP contribution < -0.4 is 5.73 Å². The molecule has 0 atom stereocenters. The number of nitrogen functional groups attached to an aromatic ring is 1. The zero-order valence-corrected chi connectivity index (χ0v) is 12.0. The predicted octanol–water partition coefficient (Wildman–Crippen LogP) is 2.09. The van der Waals surface area contributed by atoms with E-state index < -0.39 is 0 Å². The van der Waals surface area contributed by atoms with E-state index in [9.17, 15) is 4.79 Å². The van der Waals surface area contributed by atoms with Gasteiger partial charge >= 0.3 is 0 Å². The molecular weight excluding hydrogens is 262 g/mol. The Balaban J connectivity index is 1.96. The Kier molecular flexibility index (Phi) is 4.66. The molecule has 0 radical (unpaired) electrons. The van der Waals surface area contributed by atoms with Crippen LogP contribution in [0.4, 0.5) is 5.69 Å². The highest BCUT2D eigenvalue weighted by Crippen LogP contribution is 2.23. The summed E-state index contributed by atoms with van der Waals surface area (Å²) in [7, 11) is 1.80. The first kappa shape index (κ1) is 14.2. The van der Waals surface area contributed by atoms with Crippen LogP contribution in [0.1, 0.15) is 23.2 Å². The summed E-state index contributed by atoms with van der Waals surface area (Å²) in [6, 6.07) is 5.16. The minimum atomic E-state index is -0.0702. The van der Waals surface area contributed by atoms with Crippen LogP contribution in [0.25, 0.3) is 0 Å². The molecule has 0 unspecified atom stereocenters. The smallest absolute Gasteiger partial charge is 0.255 e. The van der Waals surface area contributed by atoms with Gasteiger partial charge in [0.2, 0.25) is 0 Å². The molecule has 1 fully saturated rings. The molecule has 2 rings (SSSR count). The molecule has 1 aliphatic rings. The molecule has 1 aliphatic heterocycles. The minimum absolute atomic E-state index is 0.0702. The number of amides is 1. The van der Waals surface area contributed by atoms with Gasteiger partial charge in [-0.3, -0.25) is 4.79 Å². The second-order valence-corrected chi connectivity index (χ2v) is 5.38. The van der Waals surface area contributed by atoms with Gasteiger partial charge in [-0.05, 0) is 38.1 Å². The van der Waals surface area contributed by atoms with Gasteiger partial charge in [0, 0.05) is 20.1 Å². The number of hydrogen-bond donors (Lipinski definition) is 1. The number of para-hydroxylation sites is 1. The van der Waals surface area contributed by atoms with E-state index in [1.54, 1.807) is 30.1 Å². The molecule has 5 heteroatoms. The van der Waals surface area contributed by atoms with Crippen LogP contribution in [0.15, 0.2) is 18.2 Å². The van der Waals surface area contributed by atoms with Crippen molar-refractivity contribution in [3.63, 3.8) is 0 Å². The number of benzene rings is 1. The summed E-state index contributed by atoms with van der Waals surface area (Å²) in [5, 5.41) is 0.429. The fourth-order valence-electron chi connectivity index (χ4n) is 2.33. The lowest BCUT2D eigenvalue weighted by Gasteiger charge is -2.22. The molecule has 19 heavy (non-hydrogen) atoms. The maximum absolute atomic E-state index is 12.3. The van der Waals surface area contributed by atoms with Crippen LogP contribution in [-0.4, -0.2) is 48.9 Å². The molecule has 2 N–H and O–H groups in total. The normalized spacial score (nSPS) is 15.7. The summed E-state index contributed by atoms with van der Waals surface area (Å²) >= 11 is 5.94. The monoisotopic (exact) mass is 281 g/mol. The molecule has 4 nitrogen and oxygen atoms in total. The van der Waals surface area contributed by atoms with Crippen LogP contribution in [0.3, 0.4) is 0 Å². The molecule has 104 valence electrons. The Bertz CT molecular complexity index is 458. The van der Waals surface area contributed by atoms with Crippen LogP contribution in [0.5, 0.6) is 0 Å². The summed E-state index contributed by atoms with van der Waals surface area (Å²) in [6.45, 7) is 3.91. The van der Waals surface area contributed by atoms with Crippen molar-refractivity contribution in [1.29, 1.82) is 0 Å². The van der Waals surface area contributed by atoms with Crippen molar-refractivity contribution in [3.05, 3.63) is 28.8 Å². The number of nitrogens with two attached hydrogens (primary N) is 1. The van der Waals surface area contributed by atoms with Gasteiger partial charge in [-0.2, -0.15) is 0 Å². The van der Waals surface area contributed by atoms with Crippen LogP contribution in [0, 0.1) is 0 Å². The number of halogens is 1. The first-order valence-corrected chi connectivity index (χ1v) is 6.99. The van der Waals surface area contributed by atoms with E-state index >= 15 is 0 Å². The molecule has 0 aromatic heterocycles. The van der Waals surface area contributed by atoms with Crippen molar-refractivity contribution in [1.82, 2.24) is 9.80 Å². The third-order valence-corrected chi connectivity index (χ3v) is 3.91. The van der Waals surface area contributed by atoms with Crippen LogP contribution >= 0.6 is 11.6 Å². The number of carbonyl (C=O) groups is 1. The lowest BCUT2D eigenvalue weighted by molar-refractivity contribution is 0.0783. The van der Waals surface area contributed by atoms with Gasteiger partial charge in [0.25, 0.3) is 5.91 Å². The van der Waals surface area contributed by atoms with Crippen LogP contribution in [-0.2, 0) is 0 Å². The molecule has 1 aromatic carbocycles. The average Bonchev–Trinajstić information content (AvgIpc) is 2.91. The van der Waals surface area contributed by atoms with E-state index in [1.807, 2.05) is 0 Å². The highest BCUT2D eigenvalue weighted by molar-refractivity contribution is 6.33. The van der Waals surface area contributed by atoms with Crippen LogP contribution in [0.2, 0.25) is 5.02 Å². The van der Waals surface area contributed by atoms with Gasteiger partial charge in [0.1, 0.15) is 0 Å². The molecule has 1 aromatic rings. The van der Waals surface area contributed by atoms with Gasteiger partial charge in [0.05, 0.1) is 16.3 Å². The molecule has 1 amide bonds. The zero-order chi connectivity index (χ0) is 13.8. The van der Waals surface area contributed by atoms with Crippen molar-refractivity contribution in [2.24, 2.45) is 0 Å². The zero-order valence-electron chi connectivity index (χ0n) is 11.2. The molecule has 1 saturated heterocycles. The first-order valence-electron chi connectivity index (χ1n) is 6.61. The lowest BCUT2D eigenvalue weighted by atomic mass is 10.1. The van der Waals surface area contributed by atoms with E-state index in [2.05, 4.69) is 4.90 Å². The number of nitrogens with zero attached hydrogens (tertiary/aromatic N) is 2. The summed E-state index contributed by atoms with van der Waals surface area (Å²) in [5.41, 5.74) is 6.70. The molecule has 1 heterocycles. The quantitative estimate of drug-likeness (QED) is 0.860. The Morgan fingerprint density at radius 1 is 1.42 bits per heavy atom. The van der Waals surface area contributed by atoms with E-state index in [4.69, 9.17) is 17.3 Å². The molecule has 0 aliphatic carbocycles. The maximum atomic E-state index is 12.3. The summed E-state index contributed by atoms with van der Waals surface area (Å²) in [5.74, 6) is -0.0702. The fourth-order valence-corrected chi connectivity index (χ4v) is 2.50. The fraction of sp³-hybridized carbons (Fsp3) is 0.500. The van der Waals surface area contributed by atoms with Crippen molar-refractivity contribution >= 4 is 23.2 Å². The van der Waals surface area contributed by atoms with Gasteiger partial charge in [0.15, 0.2) is 0 Å². The predicted molar refractivity (Wildman–Crippen MR) is 78.5 cm³/mol. The number of hydrogen-bond acceptors (Lipinski definition) is 3. The molecule has 0 bridgehead atoms. The number of likely N-dealkylation sites (tertiary alicyclic amines) is 1. The lowest BCUT2D eigenvalue weighted by Crippen LogP contribution is -2.35. The number of likely N-dealkylation sites (N-methyl/N-ethyl adjacent to an activating group) is 1. The van der Waals surface area contributed by atoms with Crippen molar-refractivity contribution < 1.29 is 4.79 Å². The Morgan fingerprint density at radius 3 is 2.79 bits per heavy atom. The third-order valence-electron chi connectivity index (χ3n) is 3.58. The number of anilines is 1. The van der Waals surface area contributed by atoms with Gasteiger partial charge in [-0.1, -0.05) is 17.7 Å². The highest BCUT2D eigenvalue weighted by atomic mass is 35.5. The maximum Gasteiger partial charge on any atom is 0.255 e. The largest absolute Gasteiger partial charge is 0.397 e. The van der Waals surface area contributed by atoms with Crippen molar-refractivity contribution in [3.8, 4) is 0 Å². The van der Waals surface area contributed by atoms with E-state index in [0.29, 0.717) is 22.8 Å². The number of rotatable bonds is 4. The summed E-state index contributed by atoms with van der Waals surface area (Å²) < 4.78 is 0. The SMILES string of the molecule is CN(CCN1CCCC1)C(=O)c1cccc(Cl)c1N. The minimum Gasteiger partial charge on any atom is -0.397 e. The molecule has 0 spiro atoms. The molecule has 0 saturated carbocycles. The Labute approximate surface area is 119 Å². The van der Waals surface area contributed by atoms with E-state index in [1.165, 1.54) is 12.8 Å². The standard InChI is InChI=1S/C14H20ClN3O/c1-17(9-10-18-7-2-3-8-18)14(19)11-5-4-6-12(15)13(11)16/h4-6H,2-3,7-10,16H2,1H3. The van der Waals surface area contributed by atoms with E-state index in [0.717, 1.165) is 19.6 Å². The second kappa shape index (κ2) is 6.26. The van der Waals surface area contributed by atoms with Crippen molar-refractivity contribution in [2.45, 2.75) is 12.8 Å². The topological polar surface area (TPSA) is 49.6 Å². The first-order chi connectivity index (χ1) is 9.09. The number of carbonyl (C=O) groups excluding carboxylic acids is 1. The van der Waals surface area contributed by atoms with Gasteiger partial charge in [-0.25, -0.2) is 0 Å². The Hall–Kier alpha value is -1.26. The molecular formula is C14H20ClN3O. The van der Waals surface area contributed by atoms with Crippen molar-refractivity contribution in [2.75, 3.05) is 39.0 Å². The average molecular weight is 282 g/mol. The van der Waals surface area contributed by atoms with Gasteiger partial charge < -0.3 is 15.5 Å². The Morgan fingerprint density at radius 2 is 2.11 bits per heavy atom. The van der Waals surface area contributed by atoms with Gasteiger partial charge in [-0.15, -0.1) is 0 Å². The van der Waals surface area contributed by atoms with E-state index in [-0.39, 0.29) is 5.91 Å². The summed E-state index contributed by atoms with van der Waals surface area (Å²) in [6.07, 6.45) is 2.53. The highest BCUT2D eigenvalue weighted by Gasteiger charge is 2.18. The second-order valence-electron chi connectivity index (χ2n) is 4.98. The third kappa shape index (κ3) is 3.39.